The van der Waals surface area contributed by atoms with Crippen LogP contribution in [0.4, 0.5) is 5.69 Å². The molecule has 1 aromatic carbocycles. The molecule has 2 fully saturated rings. The second kappa shape index (κ2) is 7.13. The lowest BCUT2D eigenvalue weighted by molar-refractivity contribution is -0.115. The Balaban J connectivity index is 1.52. The van der Waals surface area contributed by atoms with Crippen LogP contribution in [0.15, 0.2) is 27.7 Å². The third-order valence-corrected chi connectivity index (χ3v) is 5.74. The number of aliphatic imine (C=N–C) groups is 1. The van der Waals surface area contributed by atoms with Crippen molar-refractivity contribution in [1.82, 2.24) is 10.2 Å². The van der Waals surface area contributed by atoms with Crippen LogP contribution < -0.4 is 10.6 Å². The van der Waals surface area contributed by atoms with Gasteiger partial charge in [0.2, 0.25) is 5.91 Å². The number of carbonyl (C=O) groups excluding carboxylic acids is 1. The minimum absolute atomic E-state index is 0.0603. The molecule has 0 aromatic heterocycles. The Morgan fingerprint density at radius 3 is 2.79 bits per heavy atom. The molecule has 0 atom stereocenters. The Hall–Kier alpha value is -1.56. The van der Waals surface area contributed by atoms with Crippen LogP contribution in [0.2, 0.25) is 0 Å². The van der Waals surface area contributed by atoms with Gasteiger partial charge in [0.1, 0.15) is 0 Å². The maximum absolute atomic E-state index is 12.2. The molecule has 0 radical (unpaired) electrons. The zero-order chi connectivity index (χ0) is 17.2. The summed E-state index contributed by atoms with van der Waals surface area (Å²) in [4.78, 5) is 18.9. The number of amides is 1. The van der Waals surface area contributed by atoms with Crippen LogP contribution in [0, 0.1) is 12.3 Å². The molecule has 1 aliphatic carbocycles. The molecule has 1 saturated heterocycles. The average molecular weight is 393 g/mol. The van der Waals surface area contributed by atoms with Crippen LogP contribution in [0.5, 0.6) is 0 Å². The largest absolute Gasteiger partial charge is 0.347 e. The summed E-state index contributed by atoms with van der Waals surface area (Å²) < 4.78 is 0.954. The number of anilines is 1. The number of halogens is 1. The van der Waals surface area contributed by atoms with E-state index in [0.29, 0.717) is 5.41 Å². The molecule has 0 unspecified atom stereocenters. The first kappa shape index (κ1) is 17.3. The summed E-state index contributed by atoms with van der Waals surface area (Å²) in [5.41, 5.74) is 2.40. The first-order valence-electron chi connectivity index (χ1n) is 8.53. The molecule has 24 heavy (non-hydrogen) atoms. The van der Waals surface area contributed by atoms with Crippen LogP contribution in [0.25, 0.3) is 0 Å². The van der Waals surface area contributed by atoms with Gasteiger partial charge in [-0.05, 0) is 49.3 Å². The minimum Gasteiger partial charge on any atom is -0.347 e. The van der Waals surface area contributed by atoms with E-state index in [0.717, 1.165) is 34.8 Å². The molecule has 1 amide bonds. The van der Waals surface area contributed by atoms with E-state index in [-0.39, 0.29) is 12.5 Å². The molecule has 3 rings (SSSR count). The molecular weight excluding hydrogens is 368 g/mol. The molecule has 1 spiro atoms. The molecule has 0 bridgehead atoms. The van der Waals surface area contributed by atoms with Crippen molar-refractivity contribution in [2.24, 2.45) is 10.4 Å². The highest BCUT2D eigenvalue weighted by molar-refractivity contribution is 9.10. The van der Waals surface area contributed by atoms with Crippen molar-refractivity contribution in [2.45, 2.75) is 32.6 Å². The number of benzene rings is 1. The van der Waals surface area contributed by atoms with Gasteiger partial charge in [-0.1, -0.05) is 28.4 Å². The van der Waals surface area contributed by atoms with Gasteiger partial charge in [-0.25, -0.2) is 0 Å². The Morgan fingerprint density at radius 2 is 2.17 bits per heavy atom. The predicted molar refractivity (Wildman–Crippen MR) is 101 cm³/mol. The lowest BCUT2D eigenvalue weighted by Gasteiger charge is -2.38. The average Bonchev–Trinajstić information content (AvgIpc) is 2.97. The van der Waals surface area contributed by atoms with E-state index in [1.807, 2.05) is 25.1 Å². The number of hydrogen-bond acceptors (Lipinski definition) is 2. The number of nitrogens with zero attached hydrogens (tertiary/aromatic N) is 2. The SMILES string of the molecule is CN=C(NCC(=O)Nc1cc(Br)ccc1C)N1CCC2(CCC2)C1. The van der Waals surface area contributed by atoms with Crippen molar-refractivity contribution >= 4 is 33.5 Å². The van der Waals surface area contributed by atoms with Gasteiger partial charge in [0, 0.05) is 30.3 Å². The number of nitrogens with one attached hydrogen (secondary N) is 2. The van der Waals surface area contributed by atoms with Gasteiger partial charge in [-0.15, -0.1) is 0 Å². The minimum atomic E-state index is -0.0603. The Kier molecular flexibility index (Phi) is 5.13. The highest BCUT2D eigenvalue weighted by Gasteiger charge is 2.43. The number of guanidine groups is 1. The van der Waals surface area contributed by atoms with E-state index in [1.54, 1.807) is 7.05 Å². The van der Waals surface area contributed by atoms with Gasteiger partial charge >= 0.3 is 0 Å². The molecule has 6 heteroatoms. The highest BCUT2D eigenvalue weighted by atomic mass is 79.9. The summed E-state index contributed by atoms with van der Waals surface area (Å²) in [5, 5.41) is 6.16. The lowest BCUT2D eigenvalue weighted by Crippen LogP contribution is -2.44. The quantitative estimate of drug-likeness (QED) is 0.613. The van der Waals surface area contributed by atoms with Crippen molar-refractivity contribution in [3.63, 3.8) is 0 Å². The fourth-order valence-corrected chi connectivity index (χ4v) is 3.98. The van der Waals surface area contributed by atoms with Gasteiger partial charge in [-0.2, -0.15) is 0 Å². The zero-order valence-electron chi connectivity index (χ0n) is 14.4. The van der Waals surface area contributed by atoms with Crippen molar-refractivity contribution in [3.05, 3.63) is 28.2 Å². The summed E-state index contributed by atoms with van der Waals surface area (Å²) in [6.07, 6.45) is 5.28. The molecule has 130 valence electrons. The van der Waals surface area contributed by atoms with Crippen molar-refractivity contribution in [2.75, 3.05) is 32.0 Å². The van der Waals surface area contributed by atoms with Gasteiger partial charge < -0.3 is 15.5 Å². The smallest absolute Gasteiger partial charge is 0.243 e. The Bertz CT molecular complexity index is 654. The van der Waals surface area contributed by atoms with Crippen molar-refractivity contribution < 1.29 is 4.79 Å². The van der Waals surface area contributed by atoms with Crippen LogP contribution in [0.3, 0.4) is 0 Å². The summed E-state index contributed by atoms with van der Waals surface area (Å²) in [6.45, 7) is 4.31. The molecule has 2 N–H and O–H groups in total. The highest BCUT2D eigenvalue weighted by Crippen LogP contribution is 2.47. The monoisotopic (exact) mass is 392 g/mol. The molecule has 1 saturated carbocycles. The summed E-state index contributed by atoms with van der Waals surface area (Å²) in [5.74, 6) is 0.773. The van der Waals surface area contributed by atoms with E-state index < -0.39 is 0 Å². The van der Waals surface area contributed by atoms with Crippen LogP contribution in [-0.4, -0.2) is 43.4 Å². The van der Waals surface area contributed by atoms with E-state index >= 15 is 0 Å². The third kappa shape index (κ3) is 3.74. The topological polar surface area (TPSA) is 56.7 Å². The van der Waals surface area contributed by atoms with E-state index in [2.05, 4.69) is 36.5 Å². The normalized spacial score (nSPS) is 19.3. The number of aryl methyl sites for hydroxylation is 1. The molecule has 1 aromatic rings. The summed E-state index contributed by atoms with van der Waals surface area (Å²) in [7, 11) is 1.78. The number of hydrogen-bond donors (Lipinski definition) is 2. The Labute approximate surface area is 152 Å². The van der Waals surface area contributed by atoms with Crippen molar-refractivity contribution in [3.8, 4) is 0 Å². The Morgan fingerprint density at radius 1 is 1.38 bits per heavy atom. The second-order valence-electron chi connectivity index (χ2n) is 6.93. The van der Waals surface area contributed by atoms with Crippen molar-refractivity contribution in [1.29, 1.82) is 0 Å². The summed E-state index contributed by atoms with van der Waals surface area (Å²) in [6, 6.07) is 5.87. The van der Waals surface area contributed by atoms with Crippen LogP contribution >= 0.6 is 15.9 Å². The lowest BCUT2D eigenvalue weighted by atomic mass is 9.68. The van der Waals surface area contributed by atoms with Gasteiger partial charge in [0.15, 0.2) is 5.96 Å². The van der Waals surface area contributed by atoms with Gasteiger partial charge in [-0.3, -0.25) is 9.79 Å². The van der Waals surface area contributed by atoms with Gasteiger partial charge in [0.25, 0.3) is 0 Å². The molecule has 5 nitrogen and oxygen atoms in total. The first-order valence-corrected chi connectivity index (χ1v) is 9.32. The van der Waals surface area contributed by atoms with E-state index in [9.17, 15) is 4.79 Å². The second-order valence-corrected chi connectivity index (χ2v) is 7.85. The molecule has 1 aliphatic heterocycles. The predicted octanol–water partition coefficient (Wildman–Crippen LogP) is 3.15. The molecular formula is C18H25BrN4O. The number of likely N-dealkylation sites (tertiary alicyclic amines) is 1. The molecule has 1 heterocycles. The standard InChI is InChI=1S/C18H25BrN4O/c1-13-4-5-14(19)10-15(13)22-16(24)11-21-17(20-2)23-9-8-18(12-23)6-3-7-18/h4-5,10H,3,6-9,11-12H2,1-2H3,(H,20,21)(H,22,24). The first-order chi connectivity index (χ1) is 11.5. The third-order valence-electron chi connectivity index (χ3n) is 5.24. The fourth-order valence-electron chi connectivity index (χ4n) is 3.62. The zero-order valence-corrected chi connectivity index (χ0v) is 15.9. The number of carbonyl (C=O) groups is 1. The number of rotatable bonds is 3. The maximum Gasteiger partial charge on any atom is 0.243 e. The van der Waals surface area contributed by atoms with E-state index in [4.69, 9.17) is 0 Å². The van der Waals surface area contributed by atoms with Gasteiger partial charge in [0.05, 0.1) is 6.54 Å². The van der Waals surface area contributed by atoms with Crippen LogP contribution in [-0.2, 0) is 4.79 Å². The fraction of sp³-hybridized carbons (Fsp3) is 0.556. The van der Waals surface area contributed by atoms with Crippen LogP contribution in [0.1, 0.15) is 31.2 Å². The maximum atomic E-state index is 12.2. The summed E-state index contributed by atoms with van der Waals surface area (Å²) >= 11 is 3.43. The van der Waals surface area contributed by atoms with E-state index in [1.165, 1.54) is 25.7 Å². The molecule has 2 aliphatic rings.